The number of hydrogen-bond acceptors (Lipinski definition) is 4. The molecule has 0 spiro atoms. The summed E-state index contributed by atoms with van der Waals surface area (Å²) in [5.41, 5.74) is -0.796. The van der Waals surface area contributed by atoms with Gasteiger partial charge in [0.25, 0.3) is 5.91 Å². The monoisotopic (exact) mass is 230 g/mol. The molecule has 0 aromatic carbocycles. The summed E-state index contributed by atoms with van der Waals surface area (Å²) < 4.78 is 5.09. The fourth-order valence-corrected chi connectivity index (χ4v) is 1.81. The van der Waals surface area contributed by atoms with Crippen LogP contribution in [0.25, 0.3) is 0 Å². The Labute approximate surface area is 96.8 Å². The summed E-state index contributed by atoms with van der Waals surface area (Å²) >= 11 is 0. The molecule has 0 saturated carbocycles. The van der Waals surface area contributed by atoms with Gasteiger partial charge >= 0.3 is 0 Å². The quantitative estimate of drug-likeness (QED) is 0.689. The standard InChI is InChI=1S/C11H22N2O3/c1-11(2,16-4)10(15)12-6-8-5-9(14)7-13(8)3/h8-9,14H,5-7H2,1-4H3,(H,12,15)/t8-,9+/m0/s1. The van der Waals surface area contributed by atoms with Gasteiger partial charge in [0.2, 0.25) is 0 Å². The van der Waals surface area contributed by atoms with E-state index in [1.165, 1.54) is 7.11 Å². The van der Waals surface area contributed by atoms with Crippen LogP contribution in [0.3, 0.4) is 0 Å². The number of β-amino-alcohol motifs (C(OH)–C–C–N with tert-alkyl or cyclic N) is 1. The first kappa shape index (κ1) is 13.4. The molecule has 1 aliphatic heterocycles. The SMILES string of the molecule is COC(C)(C)C(=O)NC[C@@H]1C[C@@H](O)CN1C. The number of hydrogen-bond donors (Lipinski definition) is 2. The Morgan fingerprint density at radius 3 is 2.69 bits per heavy atom. The molecule has 1 heterocycles. The Kier molecular flexibility index (Phi) is 4.29. The van der Waals surface area contributed by atoms with Gasteiger partial charge in [0.1, 0.15) is 5.60 Å². The maximum Gasteiger partial charge on any atom is 0.251 e. The minimum Gasteiger partial charge on any atom is -0.392 e. The smallest absolute Gasteiger partial charge is 0.251 e. The molecule has 0 aromatic heterocycles. The van der Waals surface area contributed by atoms with E-state index in [-0.39, 0.29) is 18.1 Å². The Morgan fingerprint density at radius 2 is 2.25 bits per heavy atom. The Balaban J connectivity index is 2.38. The van der Waals surface area contributed by atoms with Crippen molar-refractivity contribution in [3.63, 3.8) is 0 Å². The first-order valence-corrected chi connectivity index (χ1v) is 5.58. The van der Waals surface area contributed by atoms with Crippen molar-refractivity contribution in [3.05, 3.63) is 0 Å². The second-order valence-electron chi connectivity index (χ2n) is 4.91. The fraction of sp³-hybridized carbons (Fsp3) is 0.909. The van der Waals surface area contributed by atoms with Gasteiger partial charge < -0.3 is 15.2 Å². The van der Waals surface area contributed by atoms with Crippen molar-refractivity contribution in [1.29, 1.82) is 0 Å². The highest BCUT2D eigenvalue weighted by molar-refractivity contribution is 5.84. The molecular formula is C11H22N2O3. The van der Waals surface area contributed by atoms with Gasteiger partial charge in [-0.2, -0.15) is 0 Å². The number of rotatable bonds is 4. The van der Waals surface area contributed by atoms with E-state index < -0.39 is 5.60 Å². The maximum absolute atomic E-state index is 11.7. The number of aliphatic hydroxyl groups is 1. The third kappa shape index (κ3) is 3.17. The van der Waals surface area contributed by atoms with E-state index in [0.717, 1.165) is 0 Å². The van der Waals surface area contributed by atoms with Crippen LogP contribution in [-0.2, 0) is 9.53 Å². The predicted molar refractivity (Wildman–Crippen MR) is 61.1 cm³/mol. The number of likely N-dealkylation sites (tertiary alicyclic amines) is 1. The van der Waals surface area contributed by atoms with E-state index in [4.69, 9.17) is 4.74 Å². The molecule has 0 radical (unpaired) electrons. The molecule has 94 valence electrons. The first-order chi connectivity index (χ1) is 7.36. The lowest BCUT2D eigenvalue weighted by molar-refractivity contribution is -0.139. The summed E-state index contributed by atoms with van der Waals surface area (Å²) in [6, 6.07) is 0.214. The predicted octanol–water partition coefficient (Wildman–Crippen LogP) is -0.407. The molecule has 16 heavy (non-hydrogen) atoms. The van der Waals surface area contributed by atoms with Crippen LogP contribution >= 0.6 is 0 Å². The zero-order valence-corrected chi connectivity index (χ0v) is 10.5. The van der Waals surface area contributed by atoms with Gasteiger partial charge in [0, 0.05) is 26.2 Å². The van der Waals surface area contributed by atoms with E-state index >= 15 is 0 Å². The van der Waals surface area contributed by atoms with Crippen molar-refractivity contribution in [2.75, 3.05) is 27.2 Å². The van der Waals surface area contributed by atoms with Crippen LogP contribution in [0.4, 0.5) is 0 Å². The molecule has 0 unspecified atom stereocenters. The Bertz CT molecular complexity index is 256. The lowest BCUT2D eigenvalue weighted by Gasteiger charge is -2.24. The Morgan fingerprint density at radius 1 is 1.62 bits per heavy atom. The molecule has 2 atom stereocenters. The van der Waals surface area contributed by atoms with E-state index in [1.54, 1.807) is 13.8 Å². The van der Waals surface area contributed by atoms with E-state index in [1.807, 2.05) is 7.05 Å². The lowest BCUT2D eigenvalue weighted by Crippen LogP contribution is -2.47. The van der Waals surface area contributed by atoms with Gasteiger partial charge in [0.05, 0.1) is 6.10 Å². The van der Waals surface area contributed by atoms with E-state index in [2.05, 4.69) is 10.2 Å². The van der Waals surface area contributed by atoms with Gasteiger partial charge in [-0.15, -0.1) is 0 Å². The minimum atomic E-state index is -0.796. The zero-order chi connectivity index (χ0) is 12.3. The molecule has 1 rings (SSSR count). The number of nitrogens with one attached hydrogen (secondary N) is 1. The number of ether oxygens (including phenoxy) is 1. The Hall–Kier alpha value is -0.650. The molecule has 2 N–H and O–H groups in total. The summed E-state index contributed by atoms with van der Waals surface area (Å²) in [6.07, 6.45) is 0.437. The van der Waals surface area contributed by atoms with Crippen molar-refractivity contribution in [3.8, 4) is 0 Å². The van der Waals surface area contributed by atoms with Crippen molar-refractivity contribution in [2.24, 2.45) is 0 Å². The summed E-state index contributed by atoms with van der Waals surface area (Å²) in [7, 11) is 3.47. The van der Waals surface area contributed by atoms with Gasteiger partial charge in [-0.25, -0.2) is 0 Å². The van der Waals surface area contributed by atoms with E-state index in [0.29, 0.717) is 19.5 Å². The molecular weight excluding hydrogens is 208 g/mol. The highest BCUT2D eigenvalue weighted by atomic mass is 16.5. The number of carbonyl (C=O) groups excluding carboxylic acids is 1. The molecule has 1 fully saturated rings. The van der Waals surface area contributed by atoms with Crippen LogP contribution in [-0.4, -0.2) is 60.9 Å². The van der Waals surface area contributed by atoms with Crippen molar-refractivity contribution < 1.29 is 14.6 Å². The second-order valence-corrected chi connectivity index (χ2v) is 4.91. The molecule has 1 aliphatic rings. The van der Waals surface area contributed by atoms with Crippen molar-refractivity contribution >= 4 is 5.91 Å². The second kappa shape index (κ2) is 5.12. The summed E-state index contributed by atoms with van der Waals surface area (Å²) in [5.74, 6) is -0.121. The van der Waals surface area contributed by atoms with E-state index in [9.17, 15) is 9.90 Å². The highest BCUT2D eigenvalue weighted by Crippen LogP contribution is 2.15. The molecule has 0 bridgehead atoms. The summed E-state index contributed by atoms with van der Waals surface area (Å²) in [6.45, 7) is 4.69. The minimum absolute atomic E-state index is 0.121. The van der Waals surface area contributed by atoms with Crippen LogP contribution in [0, 0.1) is 0 Å². The molecule has 5 nitrogen and oxygen atoms in total. The van der Waals surface area contributed by atoms with Crippen LogP contribution in [0.2, 0.25) is 0 Å². The summed E-state index contributed by atoms with van der Waals surface area (Å²) in [5, 5.41) is 12.3. The van der Waals surface area contributed by atoms with Crippen LogP contribution < -0.4 is 5.32 Å². The van der Waals surface area contributed by atoms with Gasteiger partial charge in [-0.1, -0.05) is 0 Å². The van der Waals surface area contributed by atoms with Crippen LogP contribution in [0.15, 0.2) is 0 Å². The number of carbonyl (C=O) groups is 1. The average Bonchev–Trinajstić information content (AvgIpc) is 2.53. The summed E-state index contributed by atoms with van der Waals surface area (Å²) in [4.78, 5) is 13.8. The van der Waals surface area contributed by atoms with Crippen molar-refractivity contribution in [2.45, 2.75) is 38.0 Å². The number of amides is 1. The third-order valence-corrected chi connectivity index (χ3v) is 3.22. The van der Waals surface area contributed by atoms with Crippen LogP contribution in [0.5, 0.6) is 0 Å². The van der Waals surface area contributed by atoms with Gasteiger partial charge in [-0.3, -0.25) is 9.69 Å². The zero-order valence-electron chi connectivity index (χ0n) is 10.5. The highest BCUT2D eigenvalue weighted by Gasteiger charge is 2.31. The topological polar surface area (TPSA) is 61.8 Å². The normalized spacial score (nSPS) is 27.1. The third-order valence-electron chi connectivity index (χ3n) is 3.22. The van der Waals surface area contributed by atoms with Gasteiger partial charge in [0.15, 0.2) is 0 Å². The maximum atomic E-state index is 11.7. The fourth-order valence-electron chi connectivity index (χ4n) is 1.81. The van der Waals surface area contributed by atoms with Gasteiger partial charge in [-0.05, 0) is 27.3 Å². The molecule has 1 amide bonds. The number of likely N-dealkylation sites (N-methyl/N-ethyl adjacent to an activating group) is 1. The first-order valence-electron chi connectivity index (χ1n) is 5.58. The van der Waals surface area contributed by atoms with Crippen molar-refractivity contribution in [1.82, 2.24) is 10.2 Å². The molecule has 5 heteroatoms. The van der Waals surface area contributed by atoms with Crippen LogP contribution in [0.1, 0.15) is 20.3 Å². The molecule has 0 aliphatic carbocycles. The number of methoxy groups -OCH3 is 1. The molecule has 0 aromatic rings. The average molecular weight is 230 g/mol. The number of aliphatic hydroxyl groups excluding tert-OH is 1. The number of nitrogens with zero attached hydrogens (tertiary/aromatic N) is 1. The lowest BCUT2D eigenvalue weighted by atomic mass is 10.1. The largest absolute Gasteiger partial charge is 0.392 e. The molecule has 1 saturated heterocycles.